The van der Waals surface area contributed by atoms with Gasteiger partial charge in [-0.1, -0.05) is 0 Å². The molecule has 0 aromatic carbocycles. The van der Waals surface area contributed by atoms with E-state index in [2.05, 4.69) is 11.4 Å². The quantitative estimate of drug-likeness (QED) is 0.687. The Morgan fingerprint density at radius 3 is 2.64 bits per heavy atom. The minimum atomic E-state index is -0.0109. The third-order valence-corrected chi connectivity index (χ3v) is 6.49. The highest BCUT2D eigenvalue weighted by atomic mass is 32.1. The smallest absolute Gasteiger partial charge is 0.223 e. The van der Waals surface area contributed by atoms with Crippen molar-refractivity contribution in [1.82, 2.24) is 4.90 Å². The van der Waals surface area contributed by atoms with Gasteiger partial charge in [0.25, 0.3) is 0 Å². The van der Waals surface area contributed by atoms with Crippen LogP contribution in [0.1, 0.15) is 50.7 Å². The number of carbonyl (C=O) groups is 3. The van der Waals surface area contributed by atoms with Crippen molar-refractivity contribution in [2.45, 2.75) is 45.6 Å². The summed E-state index contributed by atoms with van der Waals surface area (Å²) in [6.45, 7) is 3.34. The summed E-state index contributed by atoms with van der Waals surface area (Å²) in [5, 5.41) is 2.06. The van der Waals surface area contributed by atoms with Gasteiger partial charge in [0.05, 0.1) is 4.88 Å². The molecule has 2 aromatic rings. The highest BCUT2D eigenvalue weighted by molar-refractivity contribution is 7.14. The van der Waals surface area contributed by atoms with Gasteiger partial charge < -0.3 is 4.90 Å². The van der Waals surface area contributed by atoms with Gasteiger partial charge in [-0.2, -0.15) is 0 Å². The van der Waals surface area contributed by atoms with Crippen LogP contribution in [0.15, 0.2) is 23.6 Å². The van der Waals surface area contributed by atoms with E-state index in [9.17, 15) is 14.4 Å². The fraction of sp³-hybridized carbons (Fsp3) is 0.421. The molecule has 25 heavy (non-hydrogen) atoms. The predicted octanol–water partition coefficient (Wildman–Crippen LogP) is 4.02. The van der Waals surface area contributed by atoms with Gasteiger partial charge >= 0.3 is 0 Å². The van der Waals surface area contributed by atoms with Crippen LogP contribution in [-0.4, -0.2) is 28.9 Å². The lowest BCUT2D eigenvalue weighted by Gasteiger charge is -2.27. The summed E-state index contributed by atoms with van der Waals surface area (Å²) in [6.07, 6.45) is 1.82. The van der Waals surface area contributed by atoms with Crippen molar-refractivity contribution >= 4 is 40.1 Å². The van der Waals surface area contributed by atoms with Crippen molar-refractivity contribution in [3.8, 4) is 0 Å². The number of rotatable bonds is 7. The maximum Gasteiger partial charge on any atom is 0.223 e. The Labute approximate surface area is 155 Å². The van der Waals surface area contributed by atoms with Gasteiger partial charge in [-0.05, 0) is 42.5 Å². The summed E-state index contributed by atoms with van der Waals surface area (Å²) in [7, 11) is 0. The number of amides is 1. The number of hydrogen-bond acceptors (Lipinski definition) is 5. The third kappa shape index (κ3) is 4.64. The second-order valence-corrected chi connectivity index (χ2v) is 8.60. The van der Waals surface area contributed by atoms with E-state index in [1.807, 2.05) is 24.0 Å². The number of Topliss-reactive ketones (excluding diaryl/α,β-unsaturated/α-hetero) is 2. The van der Waals surface area contributed by atoms with Gasteiger partial charge in [0.1, 0.15) is 5.78 Å². The molecule has 0 spiro atoms. The summed E-state index contributed by atoms with van der Waals surface area (Å²) >= 11 is 3.20. The molecule has 0 bridgehead atoms. The molecule has 0 unspecified atom stereocenters. The van der Waals surface area contributed by atoms with Crippen LogP contribution in [0.3, 0.4) is 0 Å². The molecule has 0 radical (unpaired) electrons. The predicted molar refractivity (Wildman–Crippen MR) is 100 cm³/mol. The molecule has 0 N–H and O–H groups in total. The number of nitrogens with zero attached hydrogens (tertiary/aromatic N) is 1. The van der Waals surface area contributed by atoms with E-state index in [-0.39, 0.29) is 43.2 Å². The van der Waals surface area contributed by atoms with Crippen LogP contribution in [0.5, 0.6) is 0 Å². The molecule has 0 saturated carbocycles. The molecule has 0 atom stereocenters. The van der Waals surface area contributed by atoms with Crippen molar-refractivity contribution in [2.75, 3.05) is 6.54 Å². The second-order valence-electron chi connectivity index (χ2n) is 6.31. The van der Waals surface area contributed by atoms with E-state index >= 15 is 0 Å². The number of fused-ring (bicyclic) bond motifs is 1. The summed E-state index contributed by atoms with van der Waals surface area (Å²) in [6, 6.07) is 5.80. The van der Waals surface area contributed by atoms with E-state index in [0.29, 0.717) is 11.4 Å². The van der Waals surface area contributed by atoms with Crippen LogP contribution >= 0.6 is 22.7 Å². The molecule has 0 saturated heterocycles. The average Bonchev–Trinajstić information content (AvgIpc) is 3.25. The van der Waals surface area contributed by atoms with E-state index < -0.39 is 0 Å². The van der Waals surface area contributed by atoms with Crippen LogP contribution in [-0.2, 0) is 22.6 Å². The molecule has 6 heteroatoms. The first-order valence-electron chi connectivity index (χ1n) is 8.47. The third-order valence-electron chi connectivity index (χ3n) is 4.42. The van der Waals surface area contributed by atoms with Crippen molar-refractivity contribution in [2.24, 2.45) is 0 Å². The van der Waals surface area contributed by atoms with Crippen molar-refractivity contribution in [3.05, 3.63) is 43.8 Å². The Kier molecular flexibility index (Phi) is 5.81. The molecule has 1 aliphatic heterocycles. The van der Waals surface area contributed by atoms with Crippen LogP contribution in [0, 0.1) is 6.92 Å². The van der Waals surface area contributed by atoms with Gasteiger partial charge in [0.15, 0.2) is 5.78 Å². The SMILES string of the molecule is Cc1ccc(C(=O)CCC(=O)CCC(=O)N2CCc3sccc3C2)s1. The maximum absolute atomic E-state index is 12.3. The van der Waals surface area contributed by atoms with E-state index in [1.54, 1.807) is 11.3 Å². The largest absolute Gasteiger partial charge is 0.338 e. The van der Waals surface area contributed by atoms with E-state index in [0.717, 1.165) is 17.8 Å². The first kappa shape index (κ1) is 18.0. The minimum Gasteiger partial charge on any atom is -0.338 e. The maximum atomic E-state index is 12.3. The van der Waals surface area contributed by atoms with Gasteiger partial charge in [-0.3, -0.25) is 14.4 Å². The van der Waals surface area contributed by atoms with Gasteiger partial charge in [-0.15, -0.1) is 22.7 Å². The second kappa shape index (κ2) is 8.06. The number of carbonyl (C=O) groups excluding carboxylic acids is 3. The number of thiophene rings is 2. The molecule has 4 nitrogen and oxygen atoms in total. The van der Waals surface area contributed by atoms with E-state index in [1.165, 1.54) is 21.8 Å². The highest BCUT2D eigenvalue weighted by Crippen LogP contribution is 2.24. The van der Waals surface area contributed by atoms with Gasteiger partial charge in [0.2, 0.25) is 5.91 Å². The minimum absolute atomic E-state index is 0.0109. The molecule has 1 aliphatic rings. The molecule has 2 aromatic heterocycles. The van der Waals surface area contributed by atoms with Crippen molar-refractivity contribution < 1.29 is 14.4 Å². The molecule has 0 fully saturated rings. The van der Waals surface area contributed by atoms with Crippen LogP contribution in [0.2, 0.25) is 0 Å². The molecule has 3 heterocycles. The molecule has 132 valence electrons. The fourth-order valence-corrected chi connectivity index (χ4v) is 4.68. The molecule has 1 amide bonds. The van der Waals surface area contributed by atoms with Crippen LogP contribution in [0.4, 0.5) is 0 Å². The lowest BCUT2D eigenvalue weighted by Crippen LogP contribution is -2.35. The Morgan fingerprint density at radius 1 is 1.08 bits per heavy atom. The first-order valence-corrected chi connectivity index (χ1v) is 10.2. The monoisotopic (exact) mass is 375 g/mol. The Balaban J connectivity index is 1.40. The topological polar surface area (TPSA) is 54.5 Å². The lowest BCUT2D eigenvalue weighted by molar-refractivity contribution is -0.134. The van der Waals surface area contributed by atoms with Gasteiger partial charge in [0, 0.05) is 48.5 Å². The fourth-order valence-electron chi connectivity index (χ4n) is 2.95. The van der Waals surface area contributed by atoms with E-state index in [4.69, 9.17) is 0 Å². The highest BCUT2D eigenvalue weighted by Gasteiger charge is 2.22. The zero-order valence-corrected chi connectivity index (χ0v) is 15.9. The normalized spacial score (nSPS) is 13.6. The molecule has 0 aliphatic carbocycles. The first-order chi connectivity index (χ1) is 12.0. The standard InChI is InChI=1S/C19H21NO3S2/c1-13-2-6-18(25-13)16(22)5-3-15(21)4-7-19(23)20-10-8-17-14(12-20)9-11-24-17/h2,6,9,11H,3-5,7-8,10,12H2,1H3. The number of ketones is 2. The molecular formula is C19H21NO3S2. The van der Waals surface area contributed by atoms with Crippen LogP contribution < -0.4 is 0 Å². The Hall–Kier alpha value is -1.79. The summed E-state index contributed by atoms with van der Waals surface area (Å²) < 4.78 is 0. The summed E-state index contributed by atoms with van der Waals surface area (Å²) in [5.41, 5.74) is 1.23. The number of aryl methyl sites for hydroxylation is 1. The average molecular weight is 376 g/mol. The van der Waals surface area contributed by atoms with Crippen LogP contribution in [0.25, 0.3) is 0 Å². The molecule has 3 rings (SSSR count). The number of hydrogen-bond donors (Lipinski definition) is 0. The zero-order chi connectivity index (χ0) is 17.8. The molecular weight excluding hydrogens is 354 g/mol. The Bertz CT molecular complexity index is 790. The summed E-state index contributed by atoms with van der Waals surface area (Å²) in [4.78, 5) is 41.3. The van der Waals surface area contributed by atoms with Crippen molar-refractivity contribution in [3.63, 3.8) is 0 Å². The Morgan fingerprint density at radius 2 is 1.88 bits per heavy atom. The van der Waals surface area contributed by atoms with Gasteiger partial charge in [-0.25, -0.2) is 0 Å². The lowest BCUT2D eigenvalue weighted by atomic mass is 10.1. The summed E-state index contributed by atoms with van der Waals surface area (Å²) in [5.74, 6) is 0.0346. The zero-order valence-electron chi connectivity index (χ0n) is 14.2. The van der Waals surface area contributed by atoms with Crippen molar-refractivity contribution in [1.29, 1.82) is 0 Å².